The maximum Gasteiger partial charge on any atom is 0.329 e. The Morgan fingerprint density at radius 3 is 2.38 bits per heavy atom. The molecular formula is C24H24Cl2N4O2. The van der Waals surface area contributed by atoms with E-state index >= 15 is 0 Å². The number of aromatic nitrogens is 1. The highest BCUT2D eigenvalue weighted by atomic mass is 35.5. The SMILES string of the molecule is Cc1cc(/C=N\NC(=O)C(=O)Nc2ccc(C(C)C)cc2)c(C)n1-c1cccc(Cl)c1Cl. The molecule has 0 fully saturated rings. The molecule has 3 aromatic rings. The van der Waals surface area contributed by atoms with Crippen LogP contribution in [0, 0.1) is 13.8 Å². The number of hydrazone groups is 1. The molecule has 0 unspecified atom stereocenters. The van der Waals surface area contributed by atoms with Crippen LogP contribution in [0.15, 0.2) is 53.6 Å². The third kappa shape index (κ3) is 5.21. The molecule has 8 heteroatoms. The molecule has 0 saturated heterocycles. The van der Waals surface area contributed by atoms with Crippen LogP contribution in [0.3, 0.4) is 0 Å². The van der Waals surface area contributed by atoms with Gasteiger partial charge in [-0.15, -0.1) is 0 Å². The zero-order valence-electron chi connectivity index (χ0n) is 18.2. The molecule has 0 radical (unpaired) electrons. The first-order valence-electron chi connectivity index (χ1n) is 10.1. The number of nitrogens with one attached hydrogen (secondary N) is 2. The normalized spacial score (nSPS) is 11.2. The molecule has 166 valence electrons. The van der Waals surface area contributed by atoms with Gasteiger partial charge in [-0.3, -0.25) is 9.59 Å². The van der Waals surface area contributed by atoms with Gasteiger partial charge in [-0.1, -0.05) is 55.2 Å². The number of carbonyl (C=O) groups excluding carboxylic acids is 2. The van der Waals surface area contributed by atoms with E-state index in [1.165, 1.54) is 6.21 Å². The van der Waals surface area contributed by atoms with Crippen molar-refractivity contribution in [3.05, 3.63) is 81.1 Å². The fourth-order valence-electron chi connectivity index (χ4n) is 3.30. The first-order valence-corrected chi connectivity index (χ1v) is 10.8. The van der Waals surface area contributed by atoms with Gasteiger partial charge in [0.05, 0.1) is 21.9 Å². The zero-order valence-corrected chi connectivity index (χ0v) is 19.8. The molecule has 0 spiro atoms. The summed E-state index contributed by atoms with van der Waals surface area (Å²) in [7, 11) is 0. The average molecular weight is 471 g/mol. The number of nitrogens with zero attached hydrogens (tertiary/aromatic N) is 2. The Bertz CT molecular complexity index is 1180. The van der Waals surface area contributed by atoms with E-state index in [0.29, 0.717) is 21.7 Å². The summed E-state index contributed by atoms with van der Waals surface area (Å²) in [4.78, 5) is 24.2. The van der Waals surface area contributed by atoms with Gasteiger partial charge in [-0.25, -0.2) is 5.43 Å². The molecule has 6 nitrogen and oxygen atoms in total. The highest BCUT2D eigenvalue weighted by Gasteiger charge is 2.15. The van der Waals surface area contributed by atoms with Gasteiger partial charge in [0.2, 0.25) is 0 Å². The molecule has 0 aliphatic rings. The molecule has 0 atom stereocenters. The minimum atomic E-state index is -0.860. The van der Waals surface area contributed by atoms with Crippen molar-refractivity contribution in [1.29, 1.82) is 0 Å². The quantitative estimate of drug-likeness (QED) is 0.288. The number of anilines is 1. The minimum absolute atomic E-state index is 0.384. The summed E-state index contributed by atoms with van der Waals surface area (Å²) in [5.74, 6) is -1.27. The first-order chi connectivity index (χ1) is 15.2. The van der Waals surface area contributed by atoms with Gasteiger partial charge in [0, 0.05) is 22.6 Å². The van der Waals surface area contributed by atoms with E-state index in [1.54, 1.807) is 18.2 Å². The lowest BCUT2D eigenvalue weighted by molar-refractivity contribution is -0.136. The fourth-order valence-corrected chi connectivity index (χ4v) is 3.68. The number of benzene rings is 2. The third-order valence-corrected chi connectivity index (χ3v) is 5.86. The van der Waals surface area contributed by atoms with Crippen molar-refractivity contribution in [1.82, 2.24) is 9.99 Å². The Kier molecular flexibility index (Phi) is 7.38. The Morgan fingerprint density at radius 2 is 1.72 bits per heavy atom. The van der Waals surface area contributed by atoms with Crippen LogP contribution in [-0.2, 0) is 9.59 Å². The van der Waals surface area contributed by atoms with Gasteiger partial charge in [0.15, 0.2) is 0 Å². The van der Waals surface area contributed by atoms with E-state index < -0.39 is 11.8 Å². The second kappa shape index (κ2) is 10.0. The summed E-state index contributed by atoms with van der Waals surface area (Å²) in [6, 6.07) is 14.7. The van der Waals surface area contributed by atoms with Crippen molar-refractivity contribution in [3.63, 3.8) is 0 Å². The van der Waals surface area contributed by atoms with Crippen LogP contribution in [0.25, 0.3) is 5.69 Å². The number of carbonyl (C=O) groups is 2. The number of halogens is 2. The summed E-state index contributed by atoms with van der Waals surface area (Å²) in [5, 5.41) is 7.40. The molecule has 2 amide bonds. The lowest BCUT2D eigenvalue weighted by atomic mass is 10.0. The molecule has 2 aromatic carbocycles. The molecule has 0 aliphatic heterocycles. The van der Waals surface area contributed by atoms with Crippen molar-refractivity contribution in [2.75, 3.05) is 5.32 Å². The first kappa shape index (κ1) is 23.6. The minimum Gasteiger partial charge on any atom is -0.318 e. The molecule has 3 rings (SSSR count). The zero-order chi connectivity index (χ0) is 23.4. The fraction of sp³-hybridized carbons (Fsp3) is 0.208. The molecule has 32 heavy (non-hydrogen) atoms. The van der Waals surface area contributed by atoms with E-state index in [4.69, 9.17) is 23.2 Å². The van der Waals surface area contributed by atoms with E-state index in [2.05, 4.69) is 29.7 Å². The van der Waals surface area contributed by atoms with Gasteiger partial charge in [0.25, 0.3) is 0 Å². The maximum atomic E-state index is 12.1. The molecule has 1 aromatic heterocycles. The number of amides is 2. The molecule has 0 bridgehead atoms. The lowest BCUT2D eigenvalue weighted by Crippen LogP contribution is -2.32. The van der Waals surface area contributed by atoms with Gasteiger partial charge < -0.3 is 9.88 Å². The Hall–Kier alpha value is -3.09. The summed E-state index contributed by atoms with van der Waals surface area (Å²) < 4.78 is 1.95. The Balaban J connectivity index is 1.67. The average Bonchev–Trinajstić information content (AvgIpc) is 3.03. The predicted octanol–water partition coefficient (Wildman–Crippen LogP) is 5.61. The van der Waals surface area contributed by atoms with Crippen LogP contribution < -0.4 is 10.7 Å². The van der Waals surface area contributed by atoms with Crippen molar-refractivity contribution in [2.45, 2.75) is 33.6 Å². The van der Waals surface area contributed by atoms with Crippen molar-refractivity contribution < 1.29 is 9.59 Å². The second-order valence-electron chi connectivity index (χ2n) is 7.66. The highest BCUT2D eigenvalue weighted by Crippen LogP contribution is 2.31. The second-order valence-corrected chi connectivity index (χ2v) is 8.45. The van der Waals surface area contributed by atoms with Gasteiger partial charge in [-0.05, 0) is 55.7 Å². The van der Waals surface area contributed by atoms with Gasteiger partial charge in [-0.2, -0.15) is 5.10 Å². The Morgan fingerprint density at radius 1 is 1.03 bits per heavy atom. The van der Waals surface area contributed by atoms with Crippen LogP contribution in [0.1, 0.15) is 42.3 Å². The van der Waals surface area contributed by atoms with E-state index in [9.17, 15) is 9.59 Å². The molecule has 0 aliphatic carbocycles. The maximum absolute atomic E-state index is 12.1. The smallest absolute Gasteiger partial charge is 0.318 e. The molecular weight excluding hydrogens is 447 g/mol. The third-order valence-electron chi connectivity index (χ3n) is 5.05. The van der Waals surface area contributed by atoms with E-state index in [0.717, 1.165) is 28.2 Å². The summed E-state index contributed by atoms with van der Waals surface area (Å²) in [5.41, 5.74) is 7.24. The van der Waals surface area contributed by atoms with Crippen molar-refractivity contribution in [3.8, 4) is 5.69 Å². The number of aryl methyl sites for hydroxylation is 1. The highest BCUT2D eigenvalue weighted by molar-refractivity contribution is 6.43. The van der Waals surface area contributed by atoms with E-state index in [-0.39, 0.29) is 0 Å². The van der Waals surface area contributed by atoms with Crippen LogP contribution in [-0.4, -0.2) is 22.6 Å². The van der Waals surface area contributed by atoms with Gasteiger partial charge >= 0.3 is 11.8 Å². The van der Waals surface area contributed by atoms with E-state index in [1.807, 2.05) is 48.7 Å². The van der Waals surface area contributed by atoms with Gasteiger partial charge in [0.1, 0.15) is 0 Å². The van der Waals surface area contributed by atoms with Crippen molar-refractivity contribution >= 4 is 46.9 Å². The topological polar surface area (TPSA) is 75.5 Å². The molecule has 2 N–H and O–H groups in total. The monoisotopic (exact) mass is 470 g/mol. The summed E-state index contributed by atoms with van der Waals surface area (Å²) >= 11 is 12.5. The van der Waals surface area contributed by atoms with Crippen LogP contribution in [0.5, 0.6) is 0 Å². The Labute approximate surface area is 197 Å². The van der Waals surface area contributed by atoms with Crippen LogP contribution >= 0.6 is 23.2 Å². The number of hydrogen-bond acceptors (Lipinski definition) is 3. The molecule has 0 saturated carbocycles. The number of hydrogen-bond donors (Lipinski definition) is 2. The standard InChI is InChI=1S/C24H24Cl2N4O2/c1-14(2)17-8-10-19(11-9-17)28-23(31)24(32)29-27-13-18-12-15(3)30(16(18)4)21-7-5-6-20(25)22(21)26/h5-14H,1-4H3,(H,28,31)(H,29,32)/b27-13-. The van der Waals surface area contributed by atoms with Crippen LogP contribution in [0.4, 0.5) is 5.69 Å². The summed E-state index contributed by atoms with van der Waals surface area (Å²) in [6.45, 7) is 8.00. The van der Waals surface area contributed by atoms with Crippen molar-refractivity contribution in [2.24, 2.45) is 5.10 Å². The largest absolute Gasteiger partial charge is 0.329 e. The summed E-state index contributed by atoms with van der Waals surface area (Å²) in [6.07, 6.45) is 1.49. The lowest BCUT2D eigenvalue weighted by Gasteiger charge is -2.12. The number of rotatable bonds is 5. The molecule has 1 heterocycles. The van der Waals surface area contributed by atoms with Crippen LogP contribution in [0.2, 0.25) is 10.0 Å². The predicted molar refractivity (Wildman–Crippen MR) is 130 cm³/mol.